The lowest BCUT2D eigenvalue weighted by atomic mass is 9.98. The van der Waals surface area contributed by atoms with Gasteiger partial charge in [0.25, 0.3) is 0 Å². The van der Waals surface area contributed by atoms with Crippen LogP contribution in [0.3, 0.4) is 0 Å². The van der Waals surface area contributed by atoms with E-state index in [1.165, 1.54) is 225 Å². The molecule has 0 aliphatic carbocycles. The van der Waals surface area contributed by atoms with Crippen molar-refractivity contribution in [2.75, 3.05) is 13.2 Å². The van der Waals surface area contributed by atoms with Gasteiger partial charge in [-0.1, -0.05) is 308 Å². The summed E-state index contributed by atoms with van der Waals surface area (Å²) in [6.07, 6.45) is 58.4. The van der Waals surface area contributed by atoms with Gasteiger partial charge in [0.1, 0.15) is 18.8 Å². The zero-order valence-electron chi connectivity index (χ0n) is 54.0. The van der Waals surface area contributed by atoms with Crippen molar-refractivity contribution in [2.45, 2.75) is 391 Å². The molecule has 0 bridgehead atoms. The Hall–Kier alpha value is -2.80. The van der Waals surface area contributed by atoms with E-state index in [2.05, 4.69) is 45.1 Å². The van der Waals surface area contributed by atoms with E-state index in [1.807, 2.05) is 0 Å². The summed E-state index contributed by atoms with van der Waals surface area (Å²) >= 11 is 0. The molecular formula is C71H130O12. The molecule has 0 aromatic rings. The van der Waals surface area contributed by atoms with Crippen molar-refractivity contribution in [1.29, 1.82) is 0 Å². The molecule has 0 aromatic heterocycles. The second-order valence-electron chi connectivity index (χ2n) is 24.5. The first-order valence-corrected chi connectivity index (χ1v) is 35.3. The number of unbranched alkanes of at least 4 members (excludes halogenated alkanes) is 44. The van der Waals surface area contributed by atoms with Gasteiger partial charge < -0.3 is 39.0 Å². The van der Waals surface area contributed by atoms with E-state index >= 15 is 0 Å². The molecule has 1 fully saturated rings. The Bertz CT molecular complexity index is 1530. The van der Waals surface area contributed by atoms with Crippen LogP contribution in [-0.2, 0) is 42.9 Å². The third kappa shape index (κ3) is 48.9. The molecule has 0 aromatic carbocycles. The summed E-state index contributed by atoms with van der Waals surface area (Å²) in [6.45, 7) is 6.05. The normalized spacial score (nSPS) is 17.6. The van der Waals surface area contributed by atoms with Crippen molar-refractivity contribution in [3.8, 4) is 0 Å². The van der Waals surface area contributed by atoms with E-state index in [4.69, 9.17) is 23.7 Å². The molecule has 12 heteroatoms. The van der Waals surface area contributed by atoms with Crippen molar-refractivity contribution < 1.29 is 58.2 Å². The van der Waals surface area contributed by atoms with Gasteiger partial charge >= 0.3 is 23.9 Å². The lowest BCUT2D eigenvalue weighted by Gasteiger charge is -2.40. The van der Waals surface area contributed by atoms with Gasteiger partial charge in [-0.15, -0.1) is 0 Å². The maximum atomic E-state index is 13.2. The van der Waals surface area contributed by atoms with E-state index in [0.717, 1.165) is 70.6 Å². The highest BCUT2D eigenvalue weighted by Crippen LogP contribution is 2.27. The maximum Gasteiger partial charge on any atom is 0.335 e. The predicted octanol–water partition coefficient (Wildman–Crippen LogP) is 19.4. The minimum absolute atomic E-state index is 0.0680. The monoisotopic (exact) mass is 1170 g/mol. The minimum atomic E-state index is -1.90. The first-order valence-electron chi connectivity index (χ1n) is 35.3. The second-order valence-corrected chi connectivity index (χ2v) is 24.5. The average molecular weight is 1180 g/mol. The summed E-state index contributed by atoms with van der Waals surface area (Å²) in [5.41, 5.74) is 0. The van der Waals surface area contributed by atoms with Crippen LogP contribution in [0.2, 0.25) is 0 Å². The van der Waals surface area contributed by atoms with Crippen LogP contribution in [-0.4, -0.2) is 89.2 Å². The van der Waals surface area contributed by atoms with Crippen LogP contribution in [0, 0.1) is 0 Å². The van der Waals surface area contributed by atoms with Crippen molar-refractivity contribution in [3.63, 3.8) is 0 Å². The largest absolute Gasteiger partial charge is 0.479 e. The molecule has 12 nitrogen and oxygen atoms in total. The number of carbonyl (C=O) groups is 4. The Morgan fingerprint density at radius 3 is 1.11 bits per heavy atom. The predicted molar refractivity (Wildman–Crippen MR) is 340 cm³/mol. The van der Waals surface area contributed by atoms with Gasteiger partial charge in [-0.3, -0.25) is 14.4 Å². The van der Waals surface area contributed by atoms with Gasteiger partial charge in [-0.25, -0.2) is 4.79 Å². The van der Waals surface area contributed by atoms with Crippen molar-refractivity contribution in [3.05, 3.63) is 24.3 Å². The maximum absolute atomic E-state index is 13.2. The fourth-order valence-electron chi connectivity index (χ4n) is 11.1. The molecule has 486 valence electrons. The van der Waals surface area contributed by atoms with Gasteiger partial charge in [-0.2, -0.15) is 0 Å². The minimum Gasteiger partial charge on any atom is -0.479 e. The summed E-state index contributed by atoms with van der Waals surface area (Å²) in [5.74, 6) is -3.07. The molecule has 1 rings (SSSR count). The molecule has 83 heavy (non-hydrogen) atoms. The number of allylic oxidation sites excluding steroid dienone is 4. The number of carbonyl (C=O) groups excluding carboxylic acids is 3. The molecule has 0 radical (unpaired) electrons. The van der Waals surface area contributed by atoms with E-state index in [9.17, 15) is 34.5 Å². The molecule has 0 saturated carbocycles. The van der Waals surface area contributed by atoms with Crippen LogP contribution < -0.4 is 0 Å². The number of rotatable bonds is 62. The Balaban J connectivity index is 2.61. The molecular weight excluding hydrogens is 1040 g/mol. The zero-order chi connectivity index (χ0) is 60.3. The van der Waals surface area contributed by atoms with Crippen LogP contribution in [0.1, 0.15) is 355 Å². The third-order valence-electron chi connectivity index (χ3n) is 16.5. The van der Waals surface area contributed by atoms with Gasteiger partial charge in [0.05, 0.1) is 6.61 Å². The number of hydrogen-bond donors (Lipinski definition) is 3. The van der Waals surface area contributed by atoms with Gasteiger partial charge in [0.2, 0.25) is 0 Å². The molecule has 6 atom stereocenters. The van der Waals surface area contributed by atoms with E-state index in [1.54, 1.807) is 0 Å². The van der Waals surface area contributed by atoms with E-state index in [-0.39, 0.29) is 25.9 Å². The summed E-state index contributed by atoms with van der Waals surface area (Å²) in [6, 6.07) is 0. The molecule has 1 heterocycles. The van der Waals surface area contributed by atoms with Crippen LogP contribution in [0.4, 0.5) is 0 Å². The van der Waals surface area contributed by atoms with Gasteiger partial charge in [0.15, 0.2) is 24.6 Å². The lowest BCUT2D eigenvalue weighted by molar-refractivity contribution is -0.301. The highest BCUT2D eigenvalue weighted by Gasteiger charge is 2.50. The molecule has 0 amide bonds. The first-order chi connectivity index (χ1) is 40.6. The number of aliphatic hydroxyl groups excluding tert-OH is 2. The number of carboxylic acids is 1. The molecule has 1 aliphatic heterocycles. The zero-order valence-corrected chi connectivity index (χ0v) is 54.0. The highest BCUT2D eigenvalue weighted by molar-refractivity contribution is 5.74. The van der Waals surface area contributed by atoms with Crippen LogP contribution >= 0.6 is 0 Å². The van der Waals surface area contributed by atoms with Crippen molar-refractivity contribution >= 4 is 23.9 Å². The molecule has 1 saturated heterocycles. The van der Waals surface area contributed by atoms with E-state index in [0.29, 0.717) is 19.3 Å². The molecule has 0 spiro atoms. The third-order valence-corrected chi connectivity index (χ3v) is 16.5. The highest BCUT2D eigenvalue weighted by atomic mass is 16.7. The summed E-state index contributed by atoms with van der Waals surface area (Å²) in [4.78, 5) is 51.5. The summed E-state index contributed by atoms with van der Waals surface area (Å²) in [7, 11) is 0. The lowest BCUT2D eigenvalue weighted by Crippen LogP contribution is -2.61. The Kier molecular flexibility index (Phi) is 56.1. The summed E-state index contributed by atoms with van der Waals surface area (Å²) < 4.78 is 28.6. The Morgan fingerprint density at radius 2 is 0.723 bits per heavy atom. The van der Waals surface area contributed by atoms with Crippen LogP contribution in [0.15, 0.2) is 24.3 Å². The Labute approximate surface area is 508 Å². The number of carboxylic acid groups (broad SMARTS) is 1. The molecule has 1 aliphatic rings. The number of aliphatic carboxylic acids is 1. The van der Waals surface area contributed by atoms with Crippen LogP contribution in [0.5, 0.6) is 0 Å². The van der Waals surface area contributed by atoms with E-state index < -0.39 is 67.3 Å². The number of hydrogen-bond acceptors (Lipinski definition) is 11. The number of aliphatic hydroxyl groups is 2. The SMILES string of the molecule is CCCCC/C=C\C/C=C\CCCCCCCCCCCC(=O)OCC(COC1OC(C(=O)O)C(O)C(O)C1OC(=O)CCCCCCCCCCCCCCCCC)OC(=O)CCCCCCCCCCCCCCCCCCCCC. The van der Waals surface area contributed by atoms with Crippen LogP contribution in [0.25, 0.3) is 0 Å². The van der Waals surface area contributed by atoms with Gasteiger partial charge in [-0.05, 0) is 51.4 Å². The number of ether oxygens (including phenoxy) is 5. The quantitative estimate of drug-likeness (QED) is 0.0228. The molecule has 3 N–H and O–H groups in total. The Morgan fingerprint density at radius 1 is 0.398 bits per heavy atom. The summed E-state index contributed by atoms with van der Waals surface area (Å²) in [5, 5.41) is 31.6. The second kappa shape index (κ2) is 59.5. The van der Waals surface area contributed by atoms with Crippen molar-refractivity contribution in [1.82, 2.24) is 0 Å². The smallest absolute Gasteiger partial charge is 0.335 e. The standard InChI is InChI=1S/C71H130O12/c1-4-7-10-13-16-19-22-25-28-30-32-34-37-39-42-45-48-51-54-57-63(72)79-60-62(81-64(73)58-55-52-49-46-43-41-38-35-33-31-29-26-23-20-17-14-11-8-5-2)61-80-71-69(67(76)66(75)68(83-71)70(77)78)82-65(74)59-56-53-50-47-44-40-36-27-24-21-18-15-12-9-6-3/h16,19,25,28,62,66-69,71,75-76H,4-15,17-18,20-24,26-27,29-61H2,1-3H3,(H,77,78)/b19-16-,28-25-. The fourth-order valence-corrected chi connectivity index (χ4v) is 11.1. The topological polar surface area (TPSA) is 175 Å². The first kappa shape index (κ1) is 78.2. The van der Waals surface area contributed by atoms with Gasteiger partial charge in [0, 0.05) is 19.3 Å². The molecule has 6 unspecified atom stereocenters. The average Bonchev–Trinajstić information content (AvgIpc) is 3.58. The number of esters is 3. The van der Waals surface area contributed by atoms with Crippen molar-refractivity contribution in [2.24, 2.45) is 0 Å². The fraction of sp³-hybridized carbons (Fsp3) is 0.887.